The van der Waals surface area contributed by atoms with E-state index in [1.165, 1.54) is 13.2 Å². The number of likely N-dealkylation sites (tertiary alicyclic amines) is 2. The van der Waals surface area contributed by atoms with Crippen LogP contribution >= 0.6 is 11.6 Å². The maximum Gasteiger partial charge on any atom is 0.260 e. The van der Waals surface area contributed by atoms with Crippen molar-refractivity contribution in [1.29, 1.82) is 0 Å². The average molecular weight is 539 g/mol. The SMILES string of the molecule is C=CC(=O)N1CC2CN(CCn3c(=O)c(-c4cc(OC)cc(OC)c4Cl)cc4cnc(NC)nc43)CC2C1. The zero-order valence-corrected chi connectivity index (χ0v) is 22.5. The van der Waals surface area contributed by atoms with Crippen LogP contribution in [0.1, 0.15) is 0 Å². The second-order valence-corrected chi connectivity index (χ2v) is 10.0. The molecular weight excluding hydrogens is 508 g/mol. The van der Waals surface area contributed by atoms with Crippen molar-refractivity contribution in [3.8, 4) is 22.6 Å². The zero-order valence-electron chi connectivity index (χ0n) is 21.7. The molecule has 0 radical (unpaired) electrons. The topological polar surface area (TPSA) is 102 Å². The van der Waals surface area contributed by atoms with Gasteiger partial charge >= 0.3 is 0 Å². The molecule has 2 unspecified atom stereocenters. The van der Waals surface area contributed by atoms with Crippen LogP contribution in [-0.2, 0) is 11.3 Å². The highest BCUT2D eigenvalue weighted by Gasteiger charge is 2.40. The van der Waals surface area contributed by atoms with Gasteiger partial charge in [-0.3, -0.25) is 14.2 Å². The van der Waals surface area contributed by atoms with Crippen LogP contribution in [0.4, 0.5) is 5.95 Å². The van der Waals surface area contributed by atoms with Gasteiger partial charge in [-0.15, -0.1) is 0 Å². The van der Waals surface area contributed by atoms with Gasteiger partial charge in [0.2, 0.25) is 11.9 Å². The van der Waals surface area contributed by atoms with Crippen molar-refractivity contribution < 1.29 is 14.3 Å². The molecule has 0 saturated carbocycles. The van der Waals surface area contributed by atoms with Gasteiger partial charge in [-0.1, -0.05) is 18.2 Å². The highest BCUT2D eigenvalue weighted by molar-refractivity contribution is 6.35. The fourth-order valence-electron chi connectivity index (χ4n) is 5.54. The largest absolute Gasteiger partial charge is 0.497 e. The summed E-state index contributed by atoms with van der Waals surface area (Å²) in [5, 5.41) is 4.00. The lowest BCUT2D eigenvalue weighted by Gasteiger charge is -2.22. The van der Waals surface area contributed by atoms with Gasteiger partial charge in [-0.05, 0) is 30.0 Å². The number of hydrogen-bond acceptors (Lipinski definition) is 8. The number of aromatic nitrogens is 3. The first-order valence-corrected chi connectivity index (χ1v) is 12.9. The number of benzene rings is 1. The minimum Gasteiger partial charge on any atom is -0.497 e. The highest BCUT2D eigenvalue weighted by Crippen LogP contribution is 2.38. The van der Waals surface area contributed by atoms with E-state index >= 15 is 0 Å². The lowest BCUT2D eigenvalue weighted by Crippen LogP contribution is -2.35. The molecule has 0 bridgehead atoms. The molecule has 0 aliphatic carbocycles. The third-order valence-electron chi connectivity index (χ3n) is 7.50. The molecule has 11 heteroatoms. The van der Waals surface area contributed by atoms with Crippen LogP contribution in [0.25, 0.3) is 22.2 Å². The van der Waals surface area contributed by atoms with E-state index in [1.54, 1.807) is 43.1 Å². The fourth-order valence-corrected chi connectivity index (χ4v) is 5.83. The number of carbonyl (C=O) groups excluding carboxylic acids is 1. The Morgan fingerprint density at radius 2 is 1.87 bits per heavy atom. The average Bonchev–Trinajstić information content (AvgIpc) is 3.51. The van der Waals surface area contributed by atoms with Crippen molar-refractivity contribution in [3.05, 3.63) is 52.4 Å². The summed E-state index contributed by atoms with van der Waals surface area (Å²) in [6.45, 7) is 7.99. The summed E-state index contributed by atoms with van der Waals surface area (Å²) in [6.07, 6.45) is 3.08. The molecule has 3 aromatic rings. The smallest absolute Gasteiger partial charge is 0.260 e. The summed E-state index contributed by atoms with van der Waals surface area (Å²) in [5.74, 6) is 2.24. The molecule has 0 spiro atoms. The molecule has 2 aromatic heterocycles. The monoisotopic (exact) mass is 538 g/mol. The Kier molecular flexibility index (Phi) is 7.27. The van der Waals surface area contributed by atoms with Crippen molar-refractivity contribution in [3.63, 3.8) is 0 Å². The van der Waals surface area contributed by atoms with E-state index in [2.05, 4.69) is 26.8 Å². The normalized spacial score (nSPS) is 19.0. The van der Waals surface area contributed by atoms with E-state index in [0.717, 1.165) is 26.2 Å². The lowest BCUT2D eigenvalue weighted by atomic mass is 10.0. The van der Waals surface area contributed by atoms with Gasteiger partial charge in [0.15, 0.2) is 0 Å². The third-order valence-corrected chi connectivity index (χ3v) is 7.89. The first kappa shape index (κ1) is 26.0. The second kappa shape index (κ2) is 10.6. The van der Waals surface area contributed by atoms with E-state index in [9.17, 15) is 9.59 Å². The van der Waals surface area contributed by atoms with Crippen LogP contribution in [0.2, 0.25) is 5.02 Å². The van der Waals surface area contributed by atoms with Gasteiger partial charge in [0, 0.05) is 75.1 Å². The number of fused-ring (bicyclic) bond motifs is 2. The predicted molar refractivity (Wildman–Crippen MR) is 147 cm³/mol. The number of nitrogens with zero attached hydrogens (tertiary/aromatic N) is 5. The second-order valence-electron chi connectivity index (χ2n) is 9.66. The standard InChI is InChI=1S/C27H31ClN6O4/c1-5-23(35)33-14-17-12-32(13-18(17)15-33)6-7-34-25-16(11-30-27(29-2)31-25)8-21(26(34)36)20-9-19(37-3)10-22(38-4)24(20)28/h5,8-11,17-18H,1,6-7,12-15H2,2-4H3,(H,29,30,31). The van der Waals surface area contributed by atoms with Crippen LogP contribution in [-0.4, -0.2) is 84.2 Å². The van der Waals surface area contributed by atoms with Gasteiger partial charge in [-0.25, -0.2) is 4.98 Å². The minimum absolute atomic E-state index is 0.00589. The van der Waals surface area contributed by atoms with Crippen LogP contribution in [0, 0.1) is 11.8 Å². The van der Waals surface area contributed by atoms with E-state index in [-0.39, 0.29) is 11.5 Å². The number of ether oxygens (including phenoxy) is 2. The zero-order chi connectivity index (χ0) is 27.0. The molecule has 10 nitrogen and oxygen atoms in total. The molecule has 38 heavy (non-hydrogen) atoms. The Balaban J connectivity index is 1.49. The lowest BCUT2D eigenvalue weighted by molar-refractivity contribution is -0.125. The fraction of sp³-hybridized carbons (Fsp3) is 0.407. The highest BCUT2D eigenvalue weighted by atomic mass is 35.5. The first-order chi connectivity index (χ1) is 18.4. The molecule has 2 aliphatic heterocycles. The van der Waals surface area contributed by atoms with Crippen molar-refractivity contribution in [2.24, 2.45) is 11.8 Å². The number of pyridine rings is 1. The number of methoxy groups -OCH3 is 2. The van der Waals surface area contributed by atoms with Crippen molar-refractivity contribution in [2.75, 3.05) is 59.3 Å². The molecule has 4 heterocycles. The van der Waals surface area contributed by atoms with Crippen molar-refractivity contribution >= 4 is 34.5 Å². The quantitative estimate of drug-likeness (QED) is 0.437. The van der Waals surface area contributed by atoms with E-state index in [4.69, 9.17) is 21.1 Å². The summed E-state index contributed by atoms with van der Waals surface area (Å²) in [5.41, 5.74) is 1.27. The van der Waals surface area contributed by atoms with Crippen LogP contribution in [0.3, 0.4) is 0 Å². The summed E-state index contributed by atoms with van der Waals surface area (Å²) in [7, 11) is 4.81. The molecule has 1 aromatic carbocycles. The van der Waals surface area contributed by atoms with E-state index in [0.29, 0.717) is 69.6 Å². The van der Waals surface area contributed by atoms with Gasteiger partial charge in [0.25, 0.3) is 5.56 Å². The van der Waals surface area contributed by atoms with Gasteiger partial charge in [-0.2, -0.15) is 4.98 Å². The summed E-state index contributed by atoms with van der Waals surface area (Å²) < 4.78 is 12.5. The Morgan fingerprint density at radius 1 is 1.13 bits per heavy atom. The van der Waals surface area contributed by atoms with Crippen LogP contribution < -0.4 is 20.3 Å². The van der Waals surface area contributed by atoms with Crippen molar-refractivity contribution in [1.82, 2.24) is 24.3 Å². The number of carbonyl (C=O) groups is 1. The minimum atomic E-state index is -0.211. The van der Waals surface area contributed by atoms with Crippen LogP contribution in [0.15, 0.2) is 41.8 Å². The van der Waals surface area contributed by atoms with E-state index < -0.39 is 0 Å². The number of rotatable bonds is 8. The Labute approximate surface area is 225 Å². The molecule has 2 aliphatic rings. The van der Waals surface area contributed by atoms with E-state index in [1.807, 2.05) is 4.90 Å². The summed E-state index contributed by atoms with van der Waals surface area (Å²) in [4.78, 5) is 39.2. The number of anilines is 1. The van der Waals surface area contributed by atoms with Gasteiger partial charge in [0.1, 0.15) is 17.1 Å². The molecule has 1 amide bonds. The molecular formula is C27H31ClN6O4. The van der Waals surface area contributed by atoms with Crippen LogP contribution in [0.5, 0.6) is 11.5 Å². The van der Waals surface area contributed by atoms with Gasteiger partial charge < -0.3 is 24.6 Å². The maximum absolute atomic E-state index is 14.0. The Morgan fingerprint density at radius 3 is 2.50 bits per heavy atom. The number of hydrogen-bond donors (Lipinski definition) is 1. The summed E-state index contributed by atoms with van der Waals surface area (Å²) >= 11 is 6.66. The summed E-state index contributed by atoms with van der Waals surface area (Å²) in [6, 6.07) is 5.18. The number of nitrogens with one attached hydrogen (secondary N) is 1. The Hall–Kier alpha value is -3.63. The first-order valence-electron chi connectivity index (χ1n) is 12.5. The Bertz CT molecular complexity index is 1440. The number of amides is 1. The molecule has 2 atom stereocenters. The third kappa shape index (κ3) is 4.69. The molecule has 200 valence electrons. The molecule has 5 rings (SSSR count). The van der Waals surface area contributed by atoms with Gasteiger partial charge in [0.05, 0.1) is 19.2 Å². The molecule has 2 saturated heterocycles. The maximum atomic E-state index is 14.0. The molecule has 2 fully saturated rings. The molecule has 1 N–H and O–H groups in total. The predicted octanol–water partition coefficient (Wildman–Crippen LogP) is 2.75. The number of halogens is 1. The van der Waals surface area contributed by atoms with Crippen molar-refractivity contribution in [2.45, 2.75) is 6.54 Å².